The van der Waals surface area contributed by atoms with Crippen molar-refractivity contribution < 1.29 is 0 Å². The van der Waals surface area contributed by atoms with E-state index in [0.29, 0.717) is 5.92 Å². The van der Waals surface area contributed by atoms with Gasteiger partial charge in [-0.2, -0.15) is 12.6 Å². The maximum atomic E-state index is 4.15. The molecule has 0 unspecified atom stereocenters. The lowest BCUT2D eigenvalue weighted by molar-refractivity contribution is 0.848. The Bertz CT molecular complexity index is 160. The van der Waals surface area contributed by atoms with Crippen LogP contribution in [0.25, 0.3) is 0 Å². The van der Waals surface area contributed by atoms with Crippen LogP contribution in [0.3, 0.4) is 0 Å². The Morgan fingerprint density at radius 1 is 1.89 bits per heavy atom. The molecule has 0 fully saturated rings. The molecule has 0 radical (unpaired) electrons. The Balaban J connectivity index is 2.65. The fraction of sp³-hybridized carbons (Fsp3) is 0.500. The van der Waals surface area contributed by atoms with E-state index in [1.54, 1.807) is 6.33 Å². The number of aromatic nitrogens is 2. The Hall–Kier alpha value is -0.440. The molecule has 1 aromatic heterocycles. The number of thiol groups is 1. The highest BCUT2D eigenvalue weighted by Crippen LogP contribution is 2.11. The van der Waals surface area contributed by atoms with E-state index in [1.807, 2.05) is 6.20 Å². The molecule has 1 atom stereocenters. The minimum absolute atomic E-state index is 0.482. The van der Waals surface area contributed by atoms with E-state index in [2.05, 4.69) is 29.5 Å². The summed E-state index contributed by atoms with van der Waals surface area (Å²) in [5.41, 5.74) is 1.16. The number of aromatic amines is 1. The van der Waals surface area contributed by atoms with E-state index in [1.165, 1.54) is 0 Å². The lowest BCUT2D eigenvalue weighted by atomic mass is 10.1. The van der Waals surface area contributed by atoms with E-state index in [-0.39, 0.29) is 0 Å². The standard InChI is InChI=1S/C6H10N2S/c1-5(3-9)6-2-7-4-8-6/h2,4-5,9H,3H2,1H3,(H,7,8)/t5-/m1/s1. The SMILES string of the molecule is C[C@H](CS)c1cnc[nH]1. The third kappa shape index (κ3) is 1.48. The molecule has 50 valence electrons. The zero-order valence-corrected chi connectivity index (χ0v) is 6.23. The van der Waals surface area contributed by atoms with Crippen molar-refractivity contribution in [3.63, 3.8) is 0 Å². The fourth-order valence-electron chi connectivity index (χ4n) is 0.634. The van der Waals surface area contributed by atoms with Gasteiger partial charge < -0.3 is 4.98 Å². The van der Waals surface area contributed by atoms with Crippen LogP contribution in [0.2, 0.25) is 0 Å². The summed E-state index contributed by atoms with van der Waals surface area (Å²) in [6, 6.07) is 0. The Labute approximate surface area is 60.1 Å². The Morgan fingerprint density at radius 2 is 2.67 bits per heavy atom. The van der Waals surface area contributed by atoms with Gasteiger partial charge in [-0.05, 0) is 5.75 Å². The summed E-state index contributed by atoms with van der Waals surface area (Å²) in [7, 11) is 0. The number of hydrogen-bond donors (Lipinski definition) is 2. The Kier molecular flexibility index (Phi) is 2.16. The highest BCUT2D eigenvalue weighted by atomic mass is 32.1. The normalized spacial score (nSPS) is 13.6. The second-order valence-electron chi connectivity index (χ2n) is 2.09. The monoisotopic (exact) mass is 142 g/mol. The van der Waals surface area contributed by atoms with Gasteiger partial charge in [0.1, 0.15) is 0 Å². The smallest absolute Gasteiger partial charge is 0.0921 e. The molecular formula is C6H10N2S. The minimum Gasteiger partial charge on any atom is -0.348 e. The van der Waals surface area contributed by atoms with Crippen molar-refractivity contribution in [1.29, 1.82) is 0 Å². The third-order valence-corrected chi connectivity index (χ3v) is 1.87. The average molecular weight is 142 g/mol. The van der Waals surface area contributed by atoms with E-state index in [4.69, 9.17) is 0 Å². The molecular weight excluding hydrogens is 132 g/mol. The molecule has 0 bridgehead atoms. The van der Waals surface area contributed by atoms with E-state index in [9.17, 15) is 0 Å². The highest BCUT2D eigenvalue weighted by molar-refractivity contribution is 7.80. The molecule has 0 aromatic carbocycles. The Morgan fingerprint density at radius 3 is 3.11 bits per heavy atom. The first kappa shape index (κ1) is 6.68. The van der Waals surface area contributed by atoms with E-state index < -0.39 is 0 Å². The van der Waals surface area contributed by atoms with Gasteiger partial charge in [-0.25, -0.2) is 4.98 Å². The summed E-state index contributed by atoms with van der Waals surface area (Å²) in [6.45, 7) is 2.11. The van der Waals surface area contributed by atoms with Crippen LogP contribution in [0.5, 0.6) is 0 Å². The first-order valence-electron chi connectivity index (χ1n) is 2.93. The number of rotatable bonds is 2. The third-order valence-electron chi connectivity index (χ3n) is 1.32. The zero-order valence-electron chi connectivity index (χ0n) is 5.33. The van der Waals surface area contributed by atoms with Crippen LogP contribution in [0.1, 0.15) is 18.5 Å². The molecule has 1 aromatic rings. The van der Waals surface area contributed by atoms with Crippen LogP contribution in [0, 0.1) is 0 Å². The summed E-state index contributed by atoms with van der Waals surface area (Å²) in [4.78, 5) is 6.93. The second kappa shape index (κ2) is 2.92. The van der Waals surface area contributed by atoms with Crippen molar-refractivity contribution in [2.45, 2.75) is 12.8 Å². The fourth-order valence-corrected chi connectivity index (χ4v) is 0.831. The van der Waals surface area contributed by atoms with Gasteiger partial charge in [0.25, 0.3) is 0 Å². The molecule has 0 spiro atoms. The molecule has 1 heterocycles. The van der Waals surface area contributed by atoms with Crippen molar-refractivity contribution in [1.82, 2.24) is 9.97 Å². The lowest BCUT2D eigenvalue weighted by Gasteiger charge is -2.01. The number of nitrogens with one attached hydrogen (secondary N) is 1. The summed E-state index contributed by atoms with van der Waals surface area (Å²) in [5, 5.41) is 0. The molecule has 0 aliphatic carbocycles. The quantitative estimate of drug-likeness (QED) is 0.601. The number of imidazole rings is 1. The predicted molar refractivity (Wildman–Crippen MR) is 40.9 cm³/mol. The van der Waals surface area contributed by atoms with Crippen molar-refractivity contribution in [3.05, 3.63) is 18.2 Å². The van der Waals surface area contributed by atoms with Crippen LogP contribution in [-0.2, 0) is 0 Å². The van der Waals surface area contributed by atoms with Gasteiger partial charge in [0.15, 0.2) is 0 Å². The maximum Gasteiger partial charge on any atom is 0.0921 e. The van der Waals surface area contributed by atoms with E-state index in [0.717, 1.165) is 11.4 Å². The van der Waals surface area contributed by atoms with Gasteiger partial charge in [-0.15, -0.1) is 0 Å². The molecule has 2 nitrogen and oxygen atoms in total. The molecule has 9 heavy (non-hydrogen) atoms. The van der Waals surface area contributed by atoms with Crippen molar-refractivity contribution in [2.24, 2.45) is 0 Å². The molecule has 3 heteroatoms. The van der Waals surface area contributed by atoms with Gasteiger partial charge in [0.2, 0.25) is 0 Å². The van der Waals surface area contributed by atoms with Gasteiger partial charge in [0, 0.05) is 17.8 Å². The topological polar surface area (TPSA) is 28.7 Å². The van der Waals surface area contributed by atoms with Crippen molar-refractivity contribution >= 4 is 12.6 Å². The van der Waals surface area contributed by atoms with Crippen molar-refractivity contribution in [3.8, 4) is 0 Å². The first-order chi connectivity index (χ1) is 4.34. The van der Waals surface area contributed by atoms with Crippen LogP contribution in [0.15, 0.2) is 12.5 Å². The van der Waals surface area contributed by atoms with Crippen molar-refractivity contribution in [2.75, 3.05) is 5.75 Å². The number of hydrogen-bond acceptors (Lipinski definition) is 2. The van der Waals surface area contributed by atoms with Crippen LogP contribution in [-0.4, -0.2) is 15.7 Å². The zero-order chi connectivity index (χ0) is 6.69. The van der Waals surface area contributed by atoms with Crippen LogP contribution in [0.4, 0.5) is 0 Å². The summed E-state index contributed by atoms with van der Waals surface area (Å²) in [6.07, 6.45) is 3.52. The van der Waals surface area contributed by atoms with Gasteiger partial charge in [-0.3, -0.25) is 0 Å². The molecule has 0 aliphatic rings. The minimum atomic E-state index is 0.482. The molecule has 0 aliphatic heterocycles. The van der Waals surface area contributed by atoms with E-state index >= 15 is 0 Å². The molecule has 0 saturated carbocycles. The number of nitrogens with zero attached hydrogens (tertiary/aromatic N) is 1. The molecule has 0 amide bonds. The molecule has 0 saturated heterocycles. The second-order valence-corrected chi connectivity index (χ2v) is 2.46. The molecule has 1 rings (SSSR count). The largest absolute Gasteiger partial charge is 0.348 e. The predicted octanol–water partition coefficient (Wildman–Crippen LogP) is 1.44. The van der Waals surface area contributed by atoms with Gasteiger partial charge in [-0.1, -0.05) is 6.92 Å². The lowest BCUT2D eigenvalue weighted by Crippen LogP contribution is -1.93. The summed E-state index contributed by atoms with van der Waals surface area (Å²) >= 11 is 4.15. The summed E-state index contributed by atoms with van der Waals surface area (Å²) in [5.74, 6) is 1.35. The average Bonchev–Trinajstić information content (AvgIpc) is 2.37. The molecule has 1 N–H and O–H groups in total. The van der Waals surface area contributed by atoms with Gasteiger partial charge >= 0.3 is 0 Å². The maximum absolute atomic E-state index is 4.15. The summed E-state index contributed by atoms with van der Waals surface area (Å²) < 4.78 is 0. The highest BCUT2D eigenvalue weighted by Gasteiger charge is 2.01. The first-order valence-corrected chi connectivity index (χ1v) is 3.57. The van der Waals surface area contributed by atoms with Crippen LogP contribution >= 0.6 is 12.6 Å². The number of H-pyrrole nitrogens is 1. The van der Waals surface area contributed by atoms with Crippen LogP contribution < -0.4 is 0 Å². The van der Waals surface area contributed by atoms with Gasteiger partial charge in [0.05, 0.1) is 6.33 Å².